The van der Waals surface area contributed by atoms with Crippen LogP contribution in [0.3, 0.4) is 0 Å². The summed E-state index contributed by atoms with van der Waals surface area (Å²) in [6.07, 6.45) is 6.60. The van der Waals surface area contributed by atoms with Crippen LogP contribution in [0.15, 0.2) is 58.1 Å². The van der Waals surface area contributed by atoms with Crippen molar-refractivity contribution in [2.45, 2.75) is 45.2 Å². The number of hydrogen-bond acceptors (Lipinski definition) is 5. The number of hydrogen-bond donors (Lipinski definition) is 1. The molecule has 1 fully saturated rings. The molecule has 1 aliphatic carbocycles. The van der Waals surface area contributed by atoms with Crippen LogP contribution in [0.5, 0.6) is 0 Å². The lowest BCUT2D eigenvalue weighted by molar-refractivity contribution is -0.126. The minimum atomic E-state index is -0.125. The summed E-state index contributed by atoms with van der Waals surface area (Å²) in [5.74, 6) is 0.437. The van der Waals surface area contributed by atoms with Crippen molar-refractivity contribution in [2.24, 2.45) is 5.92 Å². The first-order chi connectivity index (χ1) is 15.1. The number of pyridine rings is 2. The molecule has 4 aromatic rings. The Labute approximate surface area is 179 Å². The van der Waals surface area contributed by atoms with E-state index in [0.717, 1.165) is 35.7 Å². The van der Waals surface area contributed by atoms with Gasteiger partial charge in [0.15, 0.2) is 0 Å². The van der Waals surface area contributed by atoms with Crippen LogP contribution in [-0.2, 0) is 11.3 Å². The third-order valence-electron chi connectivity index (χ3n) is 6.30. The number of amides is 1. The Morgan fingerprint density at radius 1 is 1.23 bits per heavy atom. The van der Waals surface area contributed by atoms with Gasteiger partial charge in [-0.25, -0.2) is 0 Å². The van der Waals surface area contributed by atoms with Crippen molar-refractivity contribution in [3.8, 4) is 0 Å². The fourth-order valence-corrected chi connectivity index (χ4v) is 4.74. The van der Waals surface area contributed by atoms with E-state index >= 15 is 0 Å². The van der Waals surface area contributed by atoms with E-state index in [1.165, 1.54) is 0 Å². The zero-order valence-corrected chi connectivity index (χ0v) is 17.4. The summed E-state index contributed by atoms with van der Waals surface area (Å²) in [6.45, 7) is 2.27. The quantitative estimate of drug-likeness (QED) is 0.545. The Hall–Kier alpha value is -3.48. The molecule has 1 aliphatic rings. The standard InChI is InChI=1S/C24H24N4O3/c1-15-21-22(27-31-15)19-10-11-25-14-20(19)28(24(21)30)18-9-5-8-17(12-18)23(29)26-13-16-6-3-2-4-7-16/h2-4,6-7,10-11,14,17-18H,5,8-9,12-13H2,1H3,(H,26,29). The topological polar surface area (TPSA) is 90.0 Å². The largest absolute Gasteiger partial charge is 0.360 e. The highest BCUT2D eigenvalue weighted by Crippen LogP contribution is 2.35. The van der Waals surface area contributed by atoms with Crippen molar-refractivity contribution in [1.82, 2.24) is 20.0 Å². The normalized spacial score (nSPS) is 19.0. The van der Waals surface area contributed by atoms with E-state index in [4.69, 9.17) is 4.52 Å². The van der Waals surface area contributed by atoms with Gasteiger partial charge in [-0.15, -0.1) is 0 Å². The van der Waals surface area contributed by atoms with Gasteiger partial charge in [0, 0.05) is 30.1 Å². The smallest absolute Gasteiger partial charge is 0.264 e. The predicted octanol–water partition coefficient (Wildman–Crippen LogP) is 3.89. The Bertz CT molecular complexity index is 1310. The summed E-state index contributed by atoms with van der Waals surface area (Å²) in [6, 6.07) is 11.7. The Morgan fingerprint density at radius 2 is 2.06 bits per heavy atom. The van der Waals surface area contributed by atoms with Gasteiger partial charge in [-0.2, -0.15) is 0 Å². The SMILES string of the molecule is Cc1onc2c1c(=O)n(C1CCCC(C(=O)NCc3ccccc3)C1)c1cnccc21. The number of fused-ring (bicyclic) bond motifs is 3. The molecule has 1 aromatic carbocycles. The molecule has 7 nitrogen and oxygen atoms in total. The van der Waals surface area contributed by atoms with E-state index in [-0.39, 0.29) is 23.4 Å². The van der Waals surface area contributed by atoms with Crippen LogP contribution in [0.2, 0.25) is 0 Å². The van der Waals surface area contributed by atoms with Crippen LogP contribution in [0.4, 0.5) is 0 Å². The van der Waals surface area contributed by atoms with Crippen molar-refractivity contribution in [3.05, 3.63) is 70.5 Å². The van der Waals surface area contributed by atoms with Crippen molar-refractivity contribution in [1.29, 1.82) is 0 Å². The van der Waals surface area contributed by atoms with E-state index in [1.54, 1.807) is 19.3 Å². The Morgan fingerprint density at radius 3 is 2.90 bits per heavy atom. The average molecular weight is 416 g/mol. The van der Waals surface area contributed by atoms with Gasteiger partial charge in [0.05, 0.1) is 11.7 Å². The molecule has 2 unspecified atom stereocenters. The number of carbonyl (C=O) groups is 1. The minimum absolute atomic E-state index is 0.0475. The molecule has 1 amide bonds. The first kappa shape index (κ1) is 19.5. The highest BCUT2D eigenvalue weighted by Gasteiger charge is 2.30. The van der Waals surface area contributed by atoms with Gasteiger partial charge in [-0.1, -0.05) is 41.9 Å². The van der Waals surface area contributed by atoms with Crippen molar-refractivity contribution < 1.29 is 9.32 Å². The molecule has 158 valence electrons. The first-order valence-corrected chi connectivity index (χ1v) is 10.7. The summed E-state index contributed by atoms with van der Waals surface area (Å²) in [4.78, 5) is 30.6. The number of nitrogens with one attached hydrogen (secondary N) is 1. The fourth-order valence-electron chi connectivity index (χ4n) is 4.74. The van der Waals surface area contributed by atoms with Gasteiger partial charge in [0.1, 0.15) is 16.7 Å². The lowest BCUT2D eigenvalue weighted by Gasteiger charge is -2.30. The minimum Gasteiger partial charge on any atom is -0.360 e. The molecule has 31 heavy (non-hydrogen) atoms. The monoisotopic (exact) mass is 416 g/mol. The molecular weight excluding hydrogens is 392 g/mol. The zero-order valence-electron chi connectivity index (χ0n) is 17.4. The molecule has 1 N–H and O–H groups in total. The number of aryl methyl sites for hydroxylation is 1. The molecule has 3 aromatic heterocycles. The maximum Gasteiger partial charge on any atom is 0.264 e. The van der Waals surface area contributed by atoms with Crippen LogP contribution in [0.1, 0.15) is 43.0 Å². The second-order valence-corrected chi connectivity index (χ2v) is 8.25. The summed E-state index contributed by atoms with van der Waals surface area (Å²) in [5, 5.41) is 8.53. The van der Waals surface area contributed by atoms with Gasteiger partial charge in [0.2, 0.25) is 5.91 Å². The average Bonchev–Trinajstić information content (AvgIpc) is 3.21. The van der Waals surface area contributed by atoms with E-state index in [1.807, 2.05) is 41.0 Å². The van der Waals surface area contributed by atoms with Gasteiger partial charge in [0.25, 0.3) is 5.56 Å². The van der Waals surface area contributed by atoms with E-state index in [0.29, 0.717) is 29.6 Å². The molecule has 0 radical (unpaired) electrons. The Balaban J connectivity index is 1.46. The summed E-state index contributed by atoms with van der Waals surface area (Å²) >= 11 is 0. The van der Waals surface area contributed by atoms with Crippen LogP contribution in [-0.4, -0.2) is 20.6 Å². The van der Waals surface area contributed by atoms with Gasteiger partial charge < -0.3 is 14.4 Å². The fraction of sp³-hybridized carbons (Fsp3) is 0.333. The second kappa shape index (κ2) is 7.98. The predicted molar refractivity (Wildman–Crippen MR) is 118 cm³/mol. The number of carbonyl (C=O) groups excluding carboxylic acids is 1. The molecule has 0 bridgehead atoms. The lowest BCUT2D eigenvalue weighted by Crippen LogP contribution is -2.36. The number of rotatable bonds is 4. The van der Waals surface area contributed by atoms with Crippen LogP contribution in [0.25, 0.3) is 21.8 Å². The molecule has 2 atom stereocenters. The van der Waals surface area contributed by atoms with Crippen LogP contribution in [0, 0.1) is 12.8 Å². The maximum atomic E-state index is 13.4. The summed E-state index contributed by atoms with van der Waals surface area (Å²) in [7, 11) is 0. The highest BCUT2D eigenvalue weighted by molar-refractivity contribution is 6.03. The van der Waals surface area contributed by atoms with Crippen molar-refractivity contribution in [3.63, 3.8) is 0 Å². The molecule has 7 heteroatoms. The van der Waals surface area contributed by atoms with Crippen molar-refractivity contribution >= 4 is 27.7 Å². The molecule has 0 spiro atoms. The molecule has 5 rings (SSSR count). The second-order valence-electron chi connectivity index (χ2n) is 8.25. The summed E-state index contributed by atoms with van der Waals surface area (Å²) in [5.41, 5.74) is 2.27. The van der Waals surface area contributed by atoms with E-state index in [2.05, 4.69) is 15.5 Å². The van der Waals surface area contributed by atoms with Crippen LogP contribution >= 0.6 is 0 Å². The third kappa shape index (κ3) is 3.50. The lowest BCUT2D eigenvalue weighted by atomic mass is 9.84. The molecule has 0 saturated heterocycles. The highest BCUT2D eigenvalue weighted by atomic mass is 16.5. The van der Waals surface area contributed by atoms with Gasteiger partial charge in [-0.05, 0) is 37.8 Å². The first-order valence-electron chi connectivity index (χ1n) is 10.7. The zero-order chi connectivity index (χ0) is 21.4. The molecule has 3 heterocycles. The van der Waals surface area contributed by atoms with E-state index < -0.39 is 0 Å². The third-order valence-corrected chi connectivity index (χ3v) is 6.30. The number of nitrogens with zero attached hydrogens (tertiary/aromatic N) is 3. The number of benzene rings is 1. The molecular formula is C24H24N4O3. The maximum absolute atomic E-state index is 13.4. The van der Waals surface area contributed by atoms with Crippen LogP contribution < -0.4 is 10.9 Å². The Kier molecular flexibility index (Phi) is 5.02. The number of aromatic nitrogens is 3. The van der Waals surface area contributed by atoms with E-state index in [9.17, 15) is 9.59 Å². The molecule has 0 aliphatic heterocycles. The van der Waals surface area contributed by atoms with Gasteiger partial charge in [-0.3, -0.25) is 14.6 Å². The summed E-state index contributed by atoms with van der Waals surface area (Å²) < 4.78 is 7.14. The van der Waals surface area contributed by atoms with Crippen molar-refractivity contribution in [2.75, 3.05) is 0 Å². The van der Waals surface area contributed by atoms with Gasteiger partial charge >= 0.3 is 0 Å². The molecule has 1 saturated carbocycles.